The van der Waals surface area contributed by atoms with Gasteiger partial charge < -0.3 is 10.2 Å². The highest BCUT2D eigenvalue weighted by Crippen LogP contribution is 2.28. The van der Waals surface area contributed by atoms with Crippen molar-refractivity contribution in [1.29, 1.82) is 0 Å². The molecule has 0 unspecified atom stereocenters. The van der Waals surface area contributed by atoms with Crippen LogP contribution in [0.25, 0.3) is 0 Å². The predicted octanol–water partition coefficient (Wildman–Crippen LogP) is 3.98. The largest absolute Gasteiger partial charge is 0.355 e. The second kappa shape index (κ2) is 11.8. The summed E-state index contributed by atoms with van der Waals surface area (Å²) in [7, 11) is -4.08. The fourth-order valence-electron chi connectivity index (χ4n) is 3.32. The van der Waals surface area contributed by atoms with E-state index in [2.05, 4.69) is 5.32 Å². The number of likely N-dealkylation sites (N-methyl/N-ethyl adjacent to an activating group) is 1. The summed E-state index contributed by atoms with van der Waals surface area (Å²) in [6.07, 6.45) is 1.04. The van der Waals surface area contributed by atoms with Gasteiger partial charge in [0.25, 0.3) is 0 Å². The molecule has 2 aromatic rings. The number of rotatable bonds is 10. The second-order valence-corrected chi connectivity index (χ2v) is 10.1. The SMILES string of the molecule is CCNC(=O)[C@H](CC)N(Cc1c(Cl)cccc1Cl)C(=O)CN(c1ccc(F)c(F)c1)S(C)(=O)=O. The molecule has 2 amide bonds. The third kappa shape index (κ3) is 6.80. The first-order valence-corrected chi connectivity index (χ1v) is 12.9. The van der Waals surface area contributed by atoms with E-state index in [1.165, 1.54) is 4.90 Å². The van der Waals surface area contributed by atoms with E-state index in [0.717, 1.165) is 18.4 Å². The molecule has 0 saturated heterocycles. The monoisotopic (exact) mass is 535 g/mol. The zero-order chi connectivity index (χ0) is 25.6. The number of hydrogen-bond donors (Lipinski definition) is 1. The zero-order valence-electron chi connectivity index (χ0n) is 18.8. The van der Waals surface area contributed by atoms with Crippen LogP contribution in [0.5, 0.6) is 0 Å². The van der Waals surface area contributed by atoms with Crippen molar-refractivity contribution in [3.63, 3.8) is 0 Å². The minimum atomic E-state index is -4.08. The van der Waals surface area contributed by atoms with E-state index in [0.29, 0.717) is 22.5 Å². The van der Waals surface area contributed by atoms with Crippen molar-refractivity contribution < 1.29 is 26.8 Å². The quantitative estimate of drug-likeness (QED) is 0.498. The van der Waals surface area contributed by atoms with Crippen molar-refractivity contribution in [2.24, 2.45) is 0 Å². The van der Waals surface area contributed by atoms with Gasteiger partial charge in [0.1, 0.15) is 12.6 Å². The van der Waals surface area contributed by atoms with Gasteiger partial charge in [-0.1, -0.05) is 36.2 Å². The van der Waals surface area contributed by atoms with Gasteiger partial charge in [0.2, 0.25) is 21.8 Å². The van der Waals surface area contributed by atoms with Crippen LogP contribution in [0.4, 0.5) is 14.5 Å². The van der Waals surface area contributed by atoms with Gasteiger partial charge in [-0.05, 0) is 37.6 Å². The van der Waals surface area contributed by atoms with Gasteiger partial charge in [0, 0.05) is 34.8 Å². The van der Waals surface area contributed by atoms with E-state index in [9.17, 15) is 26.8 Å². The zero-order valence-corrected chi connectivity index (χ0v) is 21.1. The number of hydrogen-bond acceptors (Lipinski definition) is 4. The Kier molecular flexibility index (Phi) is 9.66. The normalized spacial score (nSPS) is 12.2. The van der Waals surface area contributed by atoms with E-state index < -0.39 is 46.1 Å². The van der Waals surface area contributed by atoms with Crippen LogP contribution in [-0.2, 0) is 26.2 Å². The fraction of sp³-hybridized carbons (Fsp3) is 0.364. The molecular formula is C22H25Cl2F2N3O4S. The number of nitrogens with zero attached hydrogens (tertiary/aromatic N) is 2. The molecule has 0 aliphatic carbocycles. The Hall–Kier alpha value is -2.43. The molecule has 0 saturated carbocycles. The van der Waals surface area contributed by atoms with Crippen LogP contribution in [-0.4, -0.2) is 50.5 Å². The summed E-state index contributed by atoms with van der Waals surface area (Å²) in [6, 6.07) is 6.29. The van der Waals surface area contributed by atoms with Crippen LogP contribution >= 0.6 is 23.2 Å². The molecule has 12 heteroatoms. The average molecular weight is 536 g/mol. The summed E-state index contributed by atoms with van der Waals surface area (Å²) in [5.41, 5.74) is 0.136. The molecule has 0 aliphatic rings. The summed E-state index contributed by atoms with van der Waals surface area (Å²) in [6.45, 7) is 2.78. The van der Waals surface area contributed by atoms with Crippen LogP contribution in [0.15, 0.2) is 36.4 Å². The predicted molar refractivity (Wildman–Crippen MR) is 128 cm³/mol. The van der Waals surface area contributed by atoms with Crippen molar-refractivity contribution in [3.8, 4) is 0 Å². The van der Waals surface area contributed by atoms with Gasteiger partial charge in [0.05, 0.1) is 11.9 Å². The molecule has 0 heterocycles. The molecule has 0 aromatic heterocycles. The Morgan fingerprint density at radius 2 is 1.68 bits per heavy atom. The number of anilines is 1. The second-order valence-electron chi connectivity index (χ2n) is 7.41. The van der Waals surface area contributed by atoms with Crippen molar-refractivity contribution in [2.75, 3.05) is 23.7 Å². The maximum absolute atomic E-state index is 13.8. The van der Waals surface area contributed by atoms with Gasteiger partial charge >= 0.3 is 0 Å². The lowest BCUT2D eigenvalue weighted by atomic mass is 10.1. The Bertz CT molecular complexity index is 1140. The Labute approximate surface area is 207 Å². The first-order valence-electron chi connectivity index (χ1n) is 10.3. The van der Waals surface area contributed by atoms with Crippen molar-refractivity contribution in [2.45, 2.75) is 32.9 Å². The molecule has 7 nitrogen and oxygen atoms in total. The molecule has 0 aliphatic heterocycles. The maximum atomic E-state index is 13.8. The smallest absolute Gasteiger partial charge is 0.244 e. The Morgan fingerprint density at radius 1 is 1.06 bits per heavy atom. The molecule has 1 N–H and O–H groups in total. The van der Waals surface area contributed by atoms with Crippen LogP contribution in [0.2, 0.25) is 10.0 Å². The van der Waals surface area contributed by atoms with Crippen LogP contribution in [0, 0.1) is 11.6 Å². The number of carbonyl (C=O) groups excluding carboxylic acids is 2. The number of nitrogens with one attached hydrogen (secondary N) is 1. The lowest BCUT2D eigenvalue weighted by Crippen LogP contribution is -2.52. The molecule has 2 aromatic carbocycles. The summed E-state index contributed by atoms with van der Waals surface area (Å²) < 4.78 is 52.7. The van der Waals surface area contributed by atoms with Crippen molar-refractivity contribution in [1.82, 2.24) is 10.2 Å². The molecule has 0 fully saturated rings. The molecule has 34 heavy (non-hydrogen) atoms. The third-order valence-corrected chi connectivity index (χ3v) is 6.85. The number of carbonyl (C=O) groups is 2. The molecule has 1 atom stereocenters. The summed E-state index contributed by atoms with van der Waals surface area (Å²) in [4.78, 5) is 27.3. The number of benzene rings is 2. The molecule has 2 rings (SSSR count). The van der Waals surface area contributed by atoms with E-state index in [4.69, 9.17) is 23.2 Å². The minimum Gasteiger partial charge on any atom is -0.355 e. The fourth-order valence-corrected chi connectivity index (χ4v) is 4.68. The standard InChI is InChI=1S/C22H25Cl2F2N3O4S/c1-4-20(22(31)27-5-2)28(12-15-16(23)7-6-8-17(15)24)21(30)13-29(34(3,32)33)14-9-10-18(25)19(26)11-14/h6-11,20H,4-5,12-13H2,1-3H3,(H,27,31)/t20-/m0/s1. The molecule has 0 spiro atoms. The van der Waals surface area contributed by atoms with Gasteiger partial charge in [-0.15, -0.1) is 0 Å². The van der Waals surface area contributed by atoms with Crippen LogP contribution in [0.3, 0.4) is 0 Å². The van der Waals surface area contributed by atoms with E-state index >= 15 is 0 Å². The van der Waals surface area contributed by atoms with Gasteiger partial charge in [-0.25, -0.2) is 17.2 Å². The Morgan fingerprint density at radius 3 is 2.18 bits per heavy atom. The summed E-state index contributed by atoms with van der Waals surface area (Å²) >= 11 is 12.5. The number of amides is 2. The summed E-state index contributed by atoms with van der Waals surface area (Å²) in [5.74, 6) is -3.64. The van der Waals surface area contributed by atoms with Crippen LogP contribution < -0.4 is 9.62 Å². The Balaban J connectivity index is 2.51. The van der Waals surface area contributed by atoms with Crippen LogP contribution in [0.1, 0.15) is 25.8 Å². The first kappa shape index (κ1) is 27.8. The van der Waals surface area contributed by atoms with Crippen molar-refractivity contribution in [3.05, 3.63) is 63.6 Å². The topological polar surface area (TPSA) is 86.8 Å². The maximum Gasteiger partial charge on any atom is 0.244 e. The van der Waals surface area contributed by atoms with Crippen molar-refractivity contribution >= 4 is 50.7 Å². The molecular weight excluding hydrogens is 511 g/mol. The van der Waals surface area contributed by atoms with Gasteiger partial charge in [0.15, 0.2) is 11.6 Å². The molecule has 0 radical (unpaired) electrons. The van der Waals surface area contributed by atoms with E-state index in [1.54, 1.807) is 32.0 Å². The highest BCUT2D eigenvalue weighted by molar-refractivity contribution is 7.92. The molecule has 0 bridgehead atoms. The number of halogens is 4. The van der Waals surface area contributed by atoms with Gasteiger partial charge in [-0.3, -0.25) is 13.9 Å². The van der Waals surface area contributed by atoms with Gasteiger partial charge in [-0.2, -0.15) is 0 Å². The third-order valence-electron chi connectivity index (χ3n) is 5.00. The van der Waals surface area contributed by atoms with E-state index in [1.807, 2.05) is 0 Å². The highest BCUT2D eigenvalue weighted by atomic mass is 35.5. The first-order chi connectivity index (χ1) is 15.9. The minimum absolute atomic E-state index is 0.178. The lowest BCUT2D eigenvalue weighted by Gasteiger charge is -2.33. The number of sulfonamides is 1. The van der Waals surface area contributed by atoms with E-state index in [-0.39, 0.29) is 28.7 Å². The molecule has 186 valence electrons. The average Bonchev–Trinajstić information content (AvgIpc) is 2.75. The summed E-state index contributed by atoms with van der Waals surface area (Å²) in [5, 5.41) is 3.18. The highest BCUT2D eigenvalue weighted by Gasteiger charge is 2.32. The lowest BCUT2D eigenvalue weighted by molar-refractivity contribution is -0.140.